The van der Waals surface area contributed by atoms with Crippen LogP contribution in [0.25, 0.3) is 0 Å². The standard InChI is InChI=1S/C17H22N2O2/c1-3-21-17(20)13-7-5-8-14(10-13)19-16-9-4-6-12(2)15(16)11-18/h4,6,9,13-14,19H,3,5,7-8,10H2,1-2H3. The molecule has 0 radical (unpaired) electrons. The van der Waals surface area contributed by atoms with Gasteiger partial charge in [-0.1, -0.05) is 18.6 Å². The highest BCUT2D eigenvalue weighted by molar-refractivity contribution is 5.72. The van der Waals surface area contributed by atoms with Crippen LogP contribution in [0.5, 0.6) is 0 Å². The van der Waals surface area contributed by atoms with Crippen molar-refractivity contribution < 1.29 is 9.53 Å². The molecule has 0 amide bonds. The zero-order chi connectivity index (χ0) is 15.2. The molecule has 0 aliphatic heterocycles. The molecular weight excluding hydrogens is 264 g/mol. The number of nitriles is 1. The monoisotopic (exact) mass is 286 g/mol. The van der Waals surface area contributed by atoms with Crippen LogP contribution in [-0.2, 0) is 9.53 Å². The van der Waals surface area contributed by atoms with E-state index in [4.69, 9.17) is 4.74 Å². The molecule has 1 N–H and O–H groups in total. The Morgan fingerprint density at radius 2 is 2.29 bits per heavy atom. The Labute approximate surface area is 126 Å². The van der Waals surface area contributed by atoms with Crippen molar-refractivity contribution in [2.24, 2.45) is 5.92 Å². The van der Waals surface area contributed by atoms with Crippen molar-refractivity contribution in [3.63, 3.8) is 0 Å². The van der Waals surface area contributed by atoms with Crippen molar-refractivity contribution in [3.8, 4) is 6.07 Å². The van der Waals surface area contributed by atoms with Gasteiger partial charge in [-0.15, -0.1) is 0 Å². The van der Waals surface area contributed by atoms with Crippen LogP contribution in [0.3, 0.4) is 0 Å². The summed E-state index contributed by atoms with van der Waals surface area (Å²) in [5, 5.41) is 12.7. The van der Waals surface area contributed by atoms with Gasteiger partial charge in [-0.05, 0) is 44.7 Å². The lowest BCUT2D eigenvalue weighted by Gasteiger charge is -2.29. The Kier molecular flexibility index (Phi) is 5.21. The Morgan fingerprint density at radius 3 is 3.00 bits per heavy atom. The number of hydrogen-bond donors (Lipinski definition) is 1. The van der Waals surface area contributed by atoms with E-state index in [0.717, 1.165) is 36.9 Å². The predicted octanol–water partition coefficient (Wildman–Crippen LogP) is 3.40. The number of nitrogens with one attached hydrogen (secondary N) is 1. The van der Waals surface area contributed by atoms with Crippen LogP contribution in [0.2, 0.25) is 0 Å². The van der Waals surface area contributed by atoms with Crippen molar-refractivity contribution in [2.75, 3.05) is 11.9 Å². The SMILES string of the molecule is CCOC(=O)C1CCCC(Nc2cccc(C)c2C#N)C1. The molecule has 1 aromatic carbocycles. The van der Waals surface area contributed by atoms with E-state index in [2.05, 4.69) is 11.4 Å². The molecule has 21 heavy (non-hydrogen) atoms. The summed E-state index contributed by atoms with van der Waals surface area (Å²) in [5.41, 5.74) is 2.53. The molecular formula is C17H22N2O2. The van der Waals surface area contributed by atoms with Crippen LogP contribution in [0.4, 0.5) is 5.69 Å². The van der Waals surface area contributed by atoms with E-state index in [1.165, 1.54) is 0 Å². The first-order valence-electron chi connectivity index (χ1n) is 7.58. The van der Waals surface area contributed by atoms with Crippen LogP contribution in [0, 0.1) is 24.2 Å². The highest BCUT2D eigenvalue weighted by Gasteiger charge is 2.28. The van der Waals surface area contributed by atoms with Gasteiger partial charge < -0.3 is 10.1 Å². The van der Waals surface area contributed by atoms with Crippen LogP contribution in [0.15, 0.2) is 18.2 Å². The molecule has 2 rings (SSSR count). The Bertz CT molecular complexity index is 548. The summed E-state index contributed by atoms with van der Waals surface area (Å²) in [4.78, 5) is 11.9. The Balaban J connectivity index is 2.05. The first-order chi connectivity index (χ1) is 10.2. The van der Waals surface area contributed by atoms with Gasteiger partial charge >= 0.3 is 5.97 Å². The van der Waals surface area contributed by atoms with E-state index in [9.17, 15) is 10.1 Å². The first kappa shape index (κ1) is 15.4. The number of rotatable bonds is 4. The third-order valence-electron chi connectivity index (χ3n) is 4.04. The van der Waals surface area contributed by atoms with Gasteiger partial charge in [0.05, 0.1) is 23.8 Å². The van der Waals surface area contributed by atoms with E-state index in [1.807, 2.05) is 32.0 Å². The number of carbonyl (C=O) groups excluding carboxylic acids is 1. The van der Waals surface area contributed by atoms with Crippen molar-refractivity contribution in [2.45, 2.75) is 45.6 Å². The van der Waals surface area contributed by atoms with Gasteiger partial charge in [0.2, 0.25) is 0 Å². The normalized spacial score (nSPS) is 21.4. The van der Waals surface area contributed by atoms with Crippen molar-refractivity contribution in [3.05, 3.63) is 29.3 Å². The minimum Gasteiger partial charge on any atom is -0.466 e. The molecule has 2 atom stereocenters. The van der Waals surface area contributed by atoms with Gasteiger partial charge in [-0.3, -0.25) is 4.79 Å². The average Bonchev–Trinajstić information content (AvgIpc) is 2.48. The number of benzene rings is 1. The molecule has 112 valence electrons. The lowest BCUT2D eigenvalue weighted by atomic mass is 9.85. The van der Waals surface area contributed by atoms with Gasteiger partial charge in [0, 0.05) is 6.04 Å². The van der Waals surface area contributed by atoms with Crippen molar-refractivity contribution >= 4 is 11.7 Å². The second-order valence-corrected chi connectivity index (χ2v) is 5.57. The molecule has 0 aromatic heterocycles. The van der Waals surface area contributed by atoms with Crippen molar-refractivity contribution in [1.82, 2.24) is 0 Å². The number of ether oxygens (including phenoxy) is 1. The first-order valence-corrected chi connectivity index (χ1v) is 7.58. The zero-order valence-corrected chi connectivity index (χ0v) is 12.7. The number of carbonyl (C=O) groups is 1. The topological polar surface area (TPSA) is 62.1 Å². The highest BCUT2D eigenvalue weighted by atomic mass is 16.5. The summed E-state index contributed by atoms with van der Waals surface area (Å²) in [7, 11) is 0. The fourth-order valence-corrected chi connectivity index (χ4v) is 2.95. The van der Waals surface area contributed by atoms with Gasteiger partial charge in [0.1, 0.15) is 6.07 Å². The molecule has 1 fully saturated rings. The van der Waals surface area contributed by atoms with E-state index in [1.54, 1.807) is 0 Å². The fraction of sp³-hybridized carbons (Fsp3) is 0.529. The van der Waals surface area contributed by atoms with E-state index < -0.39 is 0 Å². The minimum absolute atomic E-state index is 0.0217. The molecule has 0 heterocycles. The molecule has 4 heteroatoms. The Hall–Kier alpha value is -2.02. The summed E-state index contributed by atoms with van der Waals surface area (Å²) >= 11 is 0. The summed E-state index contributed by atoms with van der Waals surface area (Å²) in [6.45, 7) is 4.21. The largest absolute Gasteiger partial charge is 0.466 e. The maximum absolute atomic E-state index is 11.9. The molecule has 1 saturated carbocycles. The molecule has 4 nitrogen and oxygen atoms in total. The molecule has 1 aliphatic rings. The minimum atomic E-state index is -0.0891. The van der Waals surface area contributed by atoms with Crippen LogP contribution in [-0.4, -0.2) is 18.6 Å². The number of nitrogens with zero attached hydrogens (tertiary/aromatic N) is 1. The van der Waals surface area contributed by atoms with Crippen LogP contribution < -0.4 is 5.32 Å². The summed E-state index contributed by atoms with van der Waals surface area (Å²) in [6.07, 6.45) is 3.71. The predicted molar refractivity (Wildman–Crippen MR) is 81.9 cm³/mol. The fourth-order valence-electron chi connectivity index (χ4n) is 2.95. The molecule has 1 aliphatic carbocycles. The van der Waals surface area contributed by atoms with Gasteiger partial charge in [-0.2, -0.15) is 5.26 Å². The second-order valence-electron chi connectivity index (χ2n) is 5.57. The van der Waals surface area contributed by atoms with E-state index in [-0.39, 0.29) is 17.9 Å². The molecule has 1 aromatic rings. The second kappa shape index (κ2) is 7.12. The molecule has 0 saturated heterocycles. The van der Waals surface area contributed by atoms with E-state index in [0.29, 0.717) is 12.2 Å². The van der Waals surface area contributed by atoms with Gasteiger partial charge in [-0.25, -0.2) is 0 Å². The third kappa shape index (κ3) is 3.75. The van der Waals surface area contributed by atoms with E-state index >= 15 is 0 Å². The van der Waals surface area contributed by atoms with Gasteiger partial charge in [0.15, 0.2) is 0 Å². The maximum Gasteiger partial charge on any atom is 0.308 e. The quantitative estimate of drug-likeness (QED) is 0.862. The van der Waals surface area contributed by atoms with Crippen LogP contribution >= 0.6 is 0 Å². The lowest BCUT2D eigenvalue weighted by Crippen LogP contribution is -2.32. The summed E-state index contributed by atoms with van der Waals surface area (Å²) in [6, 6.07) is 8.29. The molecule has 0 spiro atoms. The highest BCUT2D eigenvalue weighted by Crippen LogP contribution is 2.29. The zero-order valence-electron chi connectivity index (χ0n) is 12.7. The van der Waals surface area contributed by atoms with Crippen molar-refractivity contribution in [1.29, 1.82) is 5.26 Å². The van der Waals surface area contributed by atoms with Crippen LogP contribution in [0.1, 0.15) is 43.7 Å². The number of anilines is 1. The molecule has 2 unspecified atom stereocenters. The summed E-state index contributed by atoms with van der Waals surface area (Å²) < 4.78 is 5.12. The average molecular weight is 286 g/mol. The maximum atomic E-state index is 11.9. The number of hydrogen-bond acceptors (Lipinski definition) is 4. The smallest absolute Gasteiger partial charge is 0.308 e. The Morgan fingerprint density at radius 1 is 1.48 bits per heavy atom. The molecule has 0 bridgehead atoms. The third-order valence-corrected chi connectivity index (χ3v) is 4.04. The number of esters is 1. The van der Waals surface area contributed by atoms with Gasteiger partial charge in [0.25, 0.3) is 0 Å². The summed E-state index contributed by atoms with van der Waals surface area (Å²) in [5.74, 6) is -0.111. The number of aryl methyl sites for hydroxylation is 1. The lowest BCUT2D eigenvalue weighted by molar-refractivity contribution is -0.149.